The van der Waals surface area contributed by atoms with Gasteiger partial charge in [-0.1, -0.05) is 19.8 Å². The first-order chi connectivity index (χ1) is 8.47. The quantitative estimate of drug-likeness (QED) is 0.810. The van der Waals surface area contributed by atoms with Crippen LogP contribution in [0.3, 0.4) is 0 Å². The van der Waals surface area contributed by atoms with Gasteiger partial charge in [0, 0.05) is 19.1 Å². The Kier molecular flexibility index (Phi) is 3.97. The highest BCUT2D eigenvalue weighted by Gasteiger charge is 2.47. The second-order valence-electron chi connectivity index (χ2n) is 6.28. The highest BCUT2D eigenvalue weighted by atomic mass is 16.5. The summed E-state index contributed by atoms with van der Waals surface area (Å²) in [4.78, 5) is 14.6. The minimum atomic E-state index is -0.536. The van der Waals surface area contributed by atoms with E-state index in [-0.39, 0.29) is 11.9 Å². The molecule has 18 heavy (non-hydrogen) atoms. The molecule has 2 fully saturated rings. The first kappa shape index (κ1) is 13.8. The number of rotatable bonds is 2. The molecule has 2 rings (SSSR count). The smallest absolute Gasteiger partial charge is 0.232 e. The van der Waals surface area contributed by atoms with Crippen LogP contribution in [0.4, 0.5) is 0 Å². The minimum absolute atomic E-state index is 0.159. The summed E-state index contributed by atoms with van der Waals surface area (Å²) < 4.78 is 5.39. The standard InChI is InChI=1S/C14H26N2O2/c1-10-6-4-5-7-11(10)16(3)13(17)14(2)9-18-8-12(14)15/h10-12H,4-9,15H2,1-3H3. The van der Waals surface area contributed by atoms with Gasteiger partial charge in [-0.05, 0) is 25.7 Å². The Bertz CT molecular complexity index is 321. The van der Waals surface area contributed by atoms with Gasteiger partial charge in [-0.25, -0.2) is 0 Å². The molecule has 104 valence electrons. The third-order valence-corrected chi connectivity index (χ3v) is 4.89. The fourth-order valence-electron chi connectivity index (χ4n) is 3.33. The summed E-state index contributed by atoms with van der Waals surface area (Å²) in [6.45, 7) is 5.15. The third kappa shape index (κ3) is 2.28. The van der Waals surface area contributed by atoms with Crippen molar-refractivity contribution < 1.29 is 9.53 Å². The first-order valence-corrected chi connectivity index (χ1v) is 7.07. The Morgan fingerprint density at radius 2 is 2.06 bits per heavy atom. The SMILES string of the molecule is CC1CCCCC1N(C)C(=O)C1(C)COCC1N. The number of carbonyl (C=O) groups excluding carboxylic acids is 1. The highest BCUT2D eigenvalue weighted by molar-refractivity contribution is 5.83. The fraction of sp³-hybridized carbons (Fsp3) is 0.929. The van der Waals surface area contributed by atoms with Gasteiger partial charge in [0.1, 0.15) is 0 Å². The zero-order valence-corrected chi connectivity index (χ0v) is 11.8. The maximum atomic E-state index is 12.7. The van der Waals surface area contributed by atoms with Crippen molar-refractivity contribution in [3.8, 4) is 0 Å². The van der Waals surface area contributed by atoms with Gasteiger partial charge in [0.05, 0.1) is 18.6 Å². The minimum Gasteiger partial charge on any atom is -0.379 e. The van der Waals surface area contributed by atoms with Crippen LogP contribution in [-0.4, -0.2) is 43.2 Å². The lowest BCUT2D eigenvalue weighted by molar-refractivity contribution is -0.144. The normalized spacial score (nSPS) is 40.8. The van der Waals surface area contributed by atoms with Gasteiger partial charge in [-0.15, -0.1) is 0 Å². The van der Waals surface area contributed by atoms with Gasteiger partial charge in [0.25, 0.3) is 0 Å². The summed E-state index contributed by atoms with van der Waals surface area (Å²) in [5, 5.41) is 0. The van der Waals surface area contributed by atoms with Crippen LogP contribution >= 0.6 is 0 Å². The fourth-order valence-corrected chi connectivity index (χ4v) is 3.33. The molecule has 0 bridgehead atoms. The molecule has 0 aromatic heterocycles. The van der Waals surface area contributed by atoms with Crippen LogP contribution in [0, 0.1) is 11.3 Å². The van der Waals surface area contributed by atoms with Crippen molar-refractivity contribution in [2.75, 3.05) is 20.3 Å². The molecule has 0 aromatic carbocycles. The maximum absolute atomic E-state index is 12.7. The lowest BCUT2D eigenvalue weighted by atomic mass is 9.81. The molecule has 0 aromatic rings. The molecule has 1 aliphatic carbocycles. The van der Waals surface area contributed by atoms with E-state index >= 15 is 0 Å². The van der Waals surface area contributed by atoms with Crippen LogP contribution < -0.4 is 5.73 Å². The molecule has 4 heteroatoms. The van der Waals surface area contributed by atoms with E-state index in [2.05, 4.69) is 6.92 Å². The van der Waals surface area contributed by atoms with E-state index in [9.17, 15) is 4.79 Å². The van der Waals surface area contributed by atoms with E-state index in [0.717, 1.165) is 6.42 Å². The van der Waals surface area contributed by atoms with Crippen molar-refractivity contribution in [1.82, 2.24) is 4.90 Å². The van der Waals surface area contributed by atoms with E-state index in [1.807, 2.05) is 18.9 Å². The molecule has 4 nitrogen and oxygen atoms in total. The summed E-state index contributed by atoms with van der Waals surface area (Å²) in [5.74, 6) is 0.751. The second-order valence-corrected chi connectivity index (χ2v) is 6.28. The summed E-state index contributed by atoms with van der Waals surface area (Å²) in [5.41, 5.74) is 5.51. The number of hydrogen-bond acceptors (Lipinski definition) is 3. The van der Waals surface area contributed by atoms with E-state index in [4.69, 9.17) is 10.5 Å². The summed E-state index contributed by atoms with van der Waals surface area (Å²) in [6, 6.07) is 0.197. The van der Waals surface area contributed by atoms with E-state index in [1.54, 1.807) is 0 Å². The van der Waals surface area contributed by atoms with Crippen LogP contribution in [0.5, 0.6) is 0 Å². The number of hydrogen-bond donors (Lipinski definition) is 1. The molecule has 1 heterocycles. The molecular formula is C14H26N2O2. The number of ether oxygens (including phenoxy) is 1. The molecule has 0 spiro atoms. The van der Waals surface area contributed by atoms with Crippen molar-refractivity contribution in [3.63, 3.8) is 0 Å². The number of carbonyl (C=O) groups is 1. The molecule has 1 saturated carbocycles. The Morgan fingerprint density at radius 3 is 2.61 bits per heavy atom. The molecule has 1 aliphatic heterocycles. The molecule has 1 saturated heterocycles. The Morgan fingerprint density at radius 1 is 1.39 bits per heavy atom. The zero-order valence-electron chi connectivity index (χ0n) is 11.8. The molecule has 0 radical (unpaired) electrons. The van der Waals surface area contributed by atoms with Gasteiger partial charge in [-0.2, -0.15) is 0 Å². The molecule has 4 atom stereocenters. The van der Waals surface area contributed by atoms with Crippen molar-refractivity contribution in [2.24, 2.45) is 17.1 Å². The van der Waals surface area contributed by atoms with E-state index < -0.39 is 5.41 Å². The Balaban J connectivity index is 2.08. The van der Waals surface area contributed by atoms with Crippen LogP contribution in [0.15, 0.2) is 0 Å². The molecule has 2 aliphatic rings. The lowest BCUT2D eigenvalue weighted by Gasteiger charge is -2.40. The Labute approximate surface area is 110 Å². The maximum Gasteiger partial charge on any atom is 0.232 e. The average Bonchev–Trinajstić information content (AvgIpc) is 2.70. The van der Waals surface area contributed by atoms with Gasteiger partial charge in [-0.3, -0.25) is 4.79 Å². The first-order valence-electron chi connectivity index (χ1n) is 7.07. The highest BCUT2D eigenvalue weighted by Crippen LogP contribution is 2.33. The van der Waals surface area contributed by atoms with Gasteiger partial charge >= 0.3 is 0 Å². The van der Waals surface area contributed by atoms with E-state index in [0.29, 0.717) is 25.2 Å². The van der Waals surface area contributed by atoms with Crippen molar-refractivity contribution in [1.29, 1.82) is 0 Å². The topological polar surface area (TPSA) is 55.6 Å². The Hall–Kier alpha value is -0.610. The van der Waals surface area contributed by atoms with Crippen LogP contribution in [0.1, 0.15) is 39.5 Å². The van der Waals surface area contributed by atoms with Gasteiger partial charge in [0.2, 0.25) is 5.91 Å². The number of nitrogens with two attached hydrogens (primary N) is 1. The van der Waals surface area contributed by atoms with Gasteiger partial charge in [0.15, 0.2) is 0 Å². The predicted molar refractivity (Wildman–Crippen MR) is 71.1 cm³/mol. The number of amides is 1. The van der Waals surface area contributed by atoms with Crippen molar-refractivity contribution in [3.05, 3.63) is 0 Å². The van der Waals surface area contributed by atoms with Crippen molar-refractivity contribution in [2.45, 2.75) is 51.6 Å². The monoisotopic (exact) mass is 254 g/mol. The summed E-state index contributed by atoms with van der Waals surface area (Å²) in [6.07, 6.45) is 4.86. The van der Waals surface area contributed by atoms with Crippen LogP contribution in [-0.2, 0) is 9.53 Å². The zero-order chi connectivity index (χ0) is 13.3. The van der Waals surface area contributed by atoms with Crippen LogP contribution in [0.2, 0.25) is 0 Å². The lowest BCUT2D eigenvalue weighted by Crippen LogP contribution is -2.54. The van der Waals surface area contributed by atoms with Gasteiger partial charge < -0.3 is 15.4 Å². The second kappa shape index (κ2) is 5.17. The molecule has 4 unspecified atom stereocenters. The van der Waals surface area contributed by atoms with Crippen LogP contribution in [0.25, 0.3) is 0 Å². The third-order valence-electron chi connectivity index (χ3n) is 4.89. The summed E-state index contributed by atoms with van der Waals surface area (Å²) in [7, 11) is 1.94. The van der Waals surface area contributed by atoms with E-state index in [1.165, 1.54) is 19.3 Å². The molecular weight excluding hydrogens is 228 g/mol. The average molecular weight is 254 g/mol. The molecule has 2 N–H and O–H groups in total. The number of nitrogens with zero attached hydrogens (tertiary/aromatic N) is 1. The predicted octanol–water partition coefficient (Wildman–Crippen LogP) is 1.39. The largest absolute Gasteiger partial charge is 0.379 e. The van der Waals surface area contributed by atoms with Crippen molar-refractivity contribution >= 4 is 5.91 Å². The molecule has 1 amide bonds. The summed E-state index contributed by atoms with van der Waals surface area (Å²) >= 11 is 0.